The summed E-state index contributed by atoms with van der Waals surface area (Å²) in [5.74, 6) is 2.77. The second-order valence-corrected chi connectivity index (χ2v) is 7.19. The van der Waals surface area contributed by atoms with Gasteiger partial charge in [0.15, 0.2) is 0 Å². The van der Waals surface area contributed by atoms with E-state index < -0.39 is 0 Å². The van der Waals surface area contributed by atoms with Crippen LogP contribution in [0.5, 0.6) is 0 Å². The highest BCUT2D eigenvalue weighted by molar-refractivity contribution is 5.92. The Balaban J connectivity index is 1.57. The van der Waals surface area contributed by atoms with Gasteiger partial charge in [0, 0.05) is 37.1 Å². The van der Waals surface area contributed by atoms with E-state index in [0.29, 0.717) is 17.4 Å². The molecule has 2 aromatic rings. The number of piperidine rings is 1. The number of anilines is 1. The molecule has 0 radical (unpaired) electrons. The van der Waals surface area contributed by atoms with Gasteiger partial charge in [-0.05, 0) is 52.0 Å². The summed E-state index contributed by atoms with van der Waals surface area (Å²) < 4.78 is 0. The normalized spacial score (nSPS) is 16.2. The zero-order valence-corrected chi connectivity index (χ0v) is 16.6. The summed E-state index contributed by atoms with van der Waals surface area (Å²) in [7, 11) is 0. The molecule has 1 amide bonds. The maximum absolute atomic E-state index is 12.4. The van der Waals surface area contributed by atoms with Crippen molar-refractivity contribution in [2.75, 3.05) is 18.0 Å². The molecule has 1 N–H and O–H groups in total. The number of carbonyl (C=O) groups excluding carboxylic acids is 1. The smallest absolute Gasteiger partial charge is 0.270 e. The van der Waals surface area contributed by atoms with E-state index in [0.717, 1.165) is 49.7 Å². The molecule has 1 fully saturated rings. The molecule has 0 saturated carbocycles. The van der Waals surface area contributed by atoms with Crippen LogP contribution in [0.15, 0.2) is 18.3 Å². The minimum absolute atomic E-state index is 0.105. The maximum Gasteiger partial charge on any atom is 0.270 e. The van der Waals surface area contributed by atoms with Gasteiger partial charge in [-0.2, -0.15) is 0 Å². The van der Waals surface area contributed by atoms with Gasteiger partial charge in [-0.3, -0.25) is 4.79 Å². The van der Waals surface area contributed by atoms with Crippen molar-refractivity contribution < 1.29 is 4.79 Å². The van der Waals surface area contributed by atoms with Gasteiger partial charge in [-0.25, -0.2) is 19.9 Å². The molecule has 27 heavy (non-hydrogen) atoms. The Morgan fingerprint density at radius 1 is 1.22 bits per heavy atom. The lowest BCUT2D eigenvalue weighted by molar-refractivity contribution is 0.0916. The lowest BCUT2D eigenvalue weighted by atomic mass is 9.90. The average molecular weight is 368 g/mol. The Morgan fingerprint density at radius 3 is 2.63 bits per heavy atom. The fraction of sp³-hybridized carbons (Fsp3) is 0.550. The topological polar surface area (TPSA) is 83.9 Å². The SMILES string of the molecule is CCc1cc(N2CCC([C@@H](C)NC(=O)c3ccnc(C)n3)CC2)nc(C)n1. The molecule has 2 aromatic heterocycles. The van der Waals surface area contributed by atoms with Crippen molar-refractivity contribution in [3.8, 4) is 0 Å². The highest BCUT2D eigenvalue weighted by atomic mass is 16.1. The number of rotatable bonds is 5. The molecule has 7 nitrogen and oxygen atoms in total. The van der Waals surface area contributed by atoms with Crippen LogP contribution in [0.4, 0.5) is 5.82 Å². The van der Waals surface area contributed by atoms with E-state index in [4.69, 9.17) is 0 Å². The highest BCUT2D eigenvalue weighted by Gasteiger charge is 2.26. The van der Waals surface area contributed by atoms with Gasteiger partial charge >= 0.3 is 0 Å². The lowest BCUT2D eigenvalue weighted by Gasteiger charge is -2.35. The molecule has 0 spiro atoms. The van der Waals surface area contributed by atoms with Crippen LogP contribution in [0.25, 0.3) is 0 Å². The van der Waals surface area contributed by atoms with Gasteiger partial charge in [0.1, 0.15) is 23.2 Å². The fourth-order valence-electron chi connectivity index (χ4n) is 3.57. The van der Waals surface area contributed by atoms with E-state index in [2.05, 4.69) is 50.1 Å². The van der Waals surface area contributed by atoms with Crippen molar-refractivity contribution in [3.05, 3.63) is 41.4 Å². The summed E-state index contributed by atoms with van der Waals surface area (Å²) in [6, 6.07) is 3.85. The first-order valence-electron chi connectivity index (χ1n) is 9.66. The molecule has 1 atom stereocenters. The number of hydrogen-bond donors (Lipinski definition) is 1. The summed E-state index contributed by atoms with van der Waals surface area (Å²) >= 11 is 0. The molecule has 3 rings (SSSR count). The zero-order chi connectivity index (χ0) is 19.4. The van der Waals surface area contributed by atoms with E-state index in [1.165, 1.54) is 0 Å². The van der Waals surface area contributed by atoms with Crippen LogP contribution in [0.1, 0.15) is 54.5 Å². The summed E-state index contributed by atoms with van der Waals surface area (Å²) in [5, 5.41) is 3.10. The largest absolute Gasteiger partial charge is 0.356 e. The van der Waals surface area contributed by atoms with Gasteiger partial charge in [0.25, 0.3) is 5.91 Å². The Morgan fingerprint density at radius 2 is 1.96 bits per heavy atom. The molecule has 0 aromatic carbocycles. The van der Waals surface area contributed by atoms with Gasteiger partial charge in [-0.1, -0.05) is 6.92 Å². The molecular weight excluding hydrogens is 340 g/mol. The predicted octanol–water partition coefficient (Wildman–Crippen LogP) is 2.48. The Labute approximate surface area is 160 Å². The van der Waals surface area contributed by atoms with Crippen LogP contribution < -0.4 is 10.2 Å². The van der Waals surface area contributed by atoms with Crippen molar-refractivity contribution >= 4 is 11.7 Å². The second kappa shape index (κ2) is 8.41. The van der Waals surface area contributed by atoms with E-state index in [1.54, 1.807) is 19.2 Å². The van der Waals surface area contributed by atoms with E-state index in [1.807, 2.05) is 6.92 Å². The van der Waals surface area contributed by atoms with Gasteiger partial charge in [0.05, 0.1) is 0 Å². The van der Waals surface area contributed by atoms with Crippen LogP contribution in [0, 0.1) is 19.8 Å². The number of carbonyl (C=O) groups is 1. The molecule has 3 heterocycles. The summed E-state index contributed by atoms with van der Waals surface area (Å²) in [4.78, 5) is 32.0. The summed E-state index contributed by atoms with van der Waals surface area (Å²) in [6.45, 7) is 9.81. The van der Waals surface area contributed by atoms with Crippen LogP contribution >= 0.6 is 0 Å². The van der Waals surface area contributed by atoms with Crippen molar-refractivity contribution in [3.63, 3.8) is 0 Å². The van der Waals surface area contributed by atoms with Crippen LogP contribution in [-0.2, 0) is 6.42 Å². The van der Waals surface area contributed by atoms with Crippen molar-refractivity contribution in [2.45, 2.75) is 53.0 Å². The van der Waals surface area contributed by atoms with Crippen molar-refractivity contribution in [1.82, 2.24) is 25.3 Å². The summed E-state index contributed by atoms with van der Waals surface area (Å²) in [6.07, 6.45) is 4.58. The molecule has 1 aliphatic rings. The van der Waals surface area contributed by atoms with Crippen molar-refractivity contribution in [1.29, 1.82) is 0 Å². The average Bonchev–Trinajstić information content (AvgIpc) is 2.67. The molecule has 0 aliphatic carbocycles. The first kappa shape index (κ1) is 19.2. The molecule has 0 bridgehead atoms. The van der Waals surface area contributed by atoms with Gasteiger partial charge < -0.3 is 10.2 Å². The van der Waals surface area contributed by atoms with Crippen molar-refractivity contribution in [2.24, 2.45) is 5.92 Å². The third-order valence-corrected chi connectivity index (χ3v) is 5.18. The van der Waals surface area contributed by atoms with Crippen LogP contribution in [-0.4, -0.2) is 45.0 Å². The number of aromatic nitrogens is 4. The van der Waals surface area contributed by atoms with Gasteiger partial charge in [0.2, 0.25) is 0 Å². The molecule has 0 unspecified atom stereocenters. The standard InChI is InChI=1S/C20H28N6O/c1-5-17-12-19(25-15(4)23-17)26-10-7-16(8-11-26)13(2)22-20(27)18-6-9-21-14(3)24-18/h6,9,12-13,16H,5,7-8,10-11H2,1-4H3,(H,22,27)/t13-/m1/s1. The number of aryl methyl sites for hydroxylation is 3. The molecule has 7 heteroatoms. The Hall–Kier alpha value is -2.57. The number of nitrogens with zero attached hydrogens (tertiary/aromatic N) is 5. The first-order chi connectivity index (χ1) is 13.0. The minimum atomic E-state index is -0.130. The molecule has 1 aliphatic heterocycles. The van der Waals surface area contributed by atoms with E-state index in [9.17, 15) is 4.79 Å². The highest BCUT2D eigenvalue weighted by Crippen LogP contribution is 2.25. The maximum atomic E-state index is 12.4. The third kappa shape index (κ3) is 4.78. The fourth-order valence-corrected chi connectivity index (χ4v) is 3.57. The number of nitrogens with one attached hydrogen (secondary N) is 1. The van der Waals surface area contributed by atoms with Gasteiger partial charge in [-0.15, -0.1) is 0 Å². The second-order valence-electron chi connectivity index (χ2n) is 7.19. The first-order valence-corrected chi connectivity index (χ1v) is 9.66. The Kier molecular flexibility index (Phi) is 5.98. The lowest BCUT2D eigenvalue weighted by Crippen LogP contribution is -2.44. The van der Waals surface area contributed by atoms with E-state index in [-0.39, 0.29) is 11.9 Å². The predicted molar refractivity (Wildman–Crippen MR) is 105 cm³/mol. The number of hydrogen-bond acceptors (Lipinski definition) is 6. The minimum Gasteiger partial charge on any atom is -0.356 e. The zero-order valence-electron chi connectivity index (χ0n) is 16.6. The third-order valence-electron chi connectivity index (χ3n) is 5.18. The molecule has 1 saturated heterocycles. The molecular formula is C20H28N6O. The van der Waals surface area contributed by atoms with Crippen LogP contribution in [0.2, 0.25) is 0 Å². The monoisotopic (exact) mass is 368 g/mol. The Bertz CT molecular complexity index is 801. The molecule has 144 valence electrons. The van der Waals surface area contributed by atoms with Crippen LogP contribution in [0.3, 0.4) is 0 Å². The quantitative estimate of drug-likeness (QED) is 0.873. The summed E-state index contributed by atoms with van der Waals surface area (Å²) in [5.41, 5.74) is 1.51. The van der Waals surface area contributed by atoms with E-state index >= 15 is 0 Å². The number of amides is 1.